The van der Waals surface area contributed by atoms with Gasteiger partial charge in [0.25, 0.3) is 5.91 Å². The first-order valence-corrected chi connectivity index (χ1v) is 5.73. The average molecular weight is 252 g/mol. The van der Waals surface area contributed by atoms with E-state index in [9.17, 15) is 14.0 Å². The minimum Gasteiger partial charge on any atom is -0.481 e. The van der Waals surface area contributed by atoms with Crippen molar-refractivity contribution in [3.05, 3.63) is 29.8 Å². The maximum absolute atomic E-state index is 12.7. The molecule has 0 aliphatic heterocycles. The highest BCUT2D eigenvalue weighted by Gasteiger charge is 2.34. The Balaban J connectivity index is 2.03. The third-order valence-electron chi connectivity index (χ3n) is 3.11. The lowest BCUT2D eigenvalue weighted by Crippen LogP contribution is -2.40. The fourth-order valence-electron chi connectivity index (χ4n) is 2.18. The van der Waals surface area contributed by atoms with Gasteiger partial charge in [0, 0.05) is 6.04 Å². The predicted octanol–water partition coefficient (Wildman–Crippen LogP) is 1.20. The van der Waals surface area contributed by atoms with E-state index in [1.54, 1.807) is 0 Å². The zero-order valence-corrected chi connectivity index (χ0v) is 9.60. The van der Waals surface area contributed by atoms with Crippen LogP contribution in [-0.4, -0.2) is 28.0 Å². The summed E-state index contributed by atoms with van der Waals surface area (Å²) < 4.78 is 12.7. The van der Waals surface area contributed by atoms with Crippen molar-refractivity contribution in [2.75, 3.05) is 0 Å². The van der Waals surface area contributed by atoms with Crippen LogP contribution >= 0.6 is 0 Å². The fraction of sp³-hybridized carbons (Fsp3) is 0.417. The van der Waals surface area contributed by atoms with E-state index in [1.165, 1.54) is 6.07 Å². The Morgan fingerprint density at radius 2 is 2.17 bits per heavy atom. The largest absolute Gasteiger partial charge is 0.481 e. The summed E-state index contributed by atoms with van der Waals surface area (Å²) in [7, 11) is 0. The van der Waals surface area contributed by atoms with E-state index in [4.69, 9.17) is 5.11 Å². The molecule has 1 fully saturated rings. The molecule has 1 aromatic rings. The number of aromatic nitrogens is 1. The summed E-state index contributed by atoms with van der Waals surface area (Å²) in [6, 6.07) is 2.04. The number of amides is 1. The van der Waals surface area contributed by atoms with E-state index in [1.807, 2.05) is 0 Å². The third-order valence-corrected chi connectivity index (χ3v) is 3.11. The Morgan fingerprint density at radius 3 is 2.78 bits per heavy atom. The molecule has 2 rings (SSSR count). The van der Waals surface area contributed by atoms with Gasteiger partial charge >= 0.3 is 5.97 Å². The summed E-state index contributed by atoms with van der Waals surface area (Å²) in [5, 5.41) is 11.6. The highest BCUT2D eigenvalue weighted by molar-refractivity contribution is 5.92. The number of nitrogens with zero attached hydrogens (tertiary/aromatic N) is 1. The molecule has 0 bridgehead atoms. The molecule has 0 aromatic carbocycles. The van der Waals surface area contributed by atoms with Crippen LogP contribution in [0.15, 0.2) is 18.3 Å². The molecular formula is C12H13FN2O3. The van der Waals surface area contributed by atoms with Gasteiger partial charge < -0.3 is 10.4 Å². The van der Waals surface area contributed by atoms with Crippen LogP contribution in [0.4, 0.5) is 4.39 Å². The predicted molar refractivity (Wildman–Crippen MR) is 60.4 cm³/mol. The van der Waals surface area contributed by atoms with E-state index in [0.29, 0.717) is 12.8 Å². The molecule has 1 heterocycles. The van der Waals surface area contributed by atoms with Crippen molar-refractivity contribution in [1.82, 2.24) is 10.3 Å². The Kier molecular flexibility index (Phi) is 3.55. The number of carboxylic acids is 1. The molecule has 1 saturated carbocycles. The van der Waals surface area contributed by atoms with E-state index in [2.05, 4.69) is 10.3 Å². The Labute approximate surface area is 103 Å². The van der Waals surface area contributed by atoms with Gasteiger partial charge in [-0.1, -0.05) is 6.42 Å². The lowest BCUT2D eigenvalue weighted by molar-refractivity contribution is -0.142. The maximum atomic E-state index is 12.7. The van der Waals surface area contributed by atoms with Crippen molar-refractivity contribution in [1.29, 1.82) is 0 Å². The SMILES string of the molecule is O=C(N[C@H]1CCC[C@H]1C(=O)O)c1ccc(F)cn1. The zero-order valence-electron chi connectivity index (χ0n) is 9.60. The molecule has 2 atom stereocenters. The van der Waals surface area contributed by atoms with Crippen LogP contribution in [0, 0.1) is 11.7 Å². The standard InChI is InChI=1S/C12H13FN2O3/c13-7-4-5-10(14-6-7)11(16)15-9-3-1-2-8(9)12(17)18/h4-6,8-9H,1-3H2,(H,15,16)(H,17,18)/t8-,9+/m1/s1. The fourth-order valence-corrected chi connectivity index (χ4v) is 2.18. The monoisotopic (exact) mass is 252 g/mol. The first kappa shape index (κ1) is 12.5. The highest BCUT2D eigenvalue weighted by atomic mass is 19.1. The van der Waals surface area contributed by atoms with Crippen LogP contribution in [0.3, 0.4) is 0 Å². The van der Waals surface area contributed by atoms with Crippen LogP contribution in [0.2, 0.25) is 0 Å². The number of hydrogen-bond acceptors (Lipinski definition) is 3. The van der Waals surface area contributed by atoms with E-state index < -0.39 is 23.6 Å². The molecule has 0 spiro atoms. The van der Waals surface area contributed by atoms with E-state index in [-0.39, 0.29) is 11.7 Å². The lowest BCUT2D eigenvalue weighted by atomic mass is 10.0. The van der Waals surface area contributed by atoms with Gasteiger partial charge in [-0.2, -0.15) is 0 Å². The quantitative estimate of drug-likeness (QED) is 0.847. The minimum absolute atomic E-state index is 0.0902. The van der Waals surface area contributed by atoms with Crippen molar-refractivity contribution >= 4 is 11.9 Å². The summed E-state index contributed by atoms with van der Waals surface area (Å²) >= 11 is 0. The number of carbonyl (C=O) groups excluding carboxylic acids is 1. The van der Waals surface area contributed by atoms with Gasteiger partial charge in [0.2, 0.25) is 0 Å². The van der Waals surface area contributed by atoms with Crippen molar-refractivity contribution in [3.63, 3.8) is 0 Å². The molecule has 0 saturated heterocycles. The number of halogens is 1. The second kappa shape index (κ2) is 5.12. The van der Waals surface area contributed by atoms with E-state index >= 15 is 0 Å². The summed E-state index contributed by atoms with van der Waals surface area (Å²) in [6.45, 7) is 0. The van der Waals surface area contributed by atoms with Crippen LogP contribution in [0.25, 0.3) is 0 Å². The normalized spacial score (nSPS) is 22.7. The molecule has 1 aliphatic carbocycles. The number of hydrogen-bond donors (Lipinski definition) is 2. The van der Waals surface area contributed by atoms with Gasteiger partial charge in [-0.3, -0.25) is 9.59 Å². The smallest absolute Gasteiger partial charge is 0.308 e. The van der Waals surface area contributed by atoms with Crippen LogP contribution in [0.5, 0.6) is 0 Å². The molecule has 2 N–H and O–H groups in total. The first-order chi connectivity index (χ1) is 8.58. The number of carboxylic acid groups (broad SMARTS) is 1. The van der Waals surface area contributed by atoms with Gasteiger partial charge in [-0.25, -0.2) is 9.37 Å². The Bertz CT molecular complexity index is 461. The molecular weight excluding hydrogens is 239 g/mol. The molecule has 1 amide bonds. The van der Waals surface area contributed by atoms with Crippen molar-refractivity contribution < 1.29 is 19.1 Å². The van der Waals surface area contributed by atoms with Gasteiger partial charge in [0.05, 0.1) is 12.1 Å². The van der Waals surface area contributed by atoms with Crippen molar-refractivity contribution in [2.24, 2.45) is 5.92 Å². The molecule has 18 heavy (non-hydrogen) atoms. The maximum Gasteiger partial charge on any atom is 0.308 e. The molecule has 1 aliphatic rings. The molecule has 0 radical (unpaired) electrons. The van der Waals surface area contributed by atoms with Crippen LogP contribution in [-0.2, 0) is 4.79 Å². The highest BCUT2D eigenvalue weighted by Crippen LogP contribution is 2.25. The van der Waals surface area contributed by atoms with E-state index in [0.717, 1.165) is 18.7 Å². The second-order valence-electron chi connectivity index (χ2n) is 4.32. The first-order valence-electron chi connectivity index (χ1n) is 5.73. The molecule has 0 unspecified atom stereocenters. The number of carbonyl (C=O) groups is 2. The zero-order chi connectivity index (χ0) is 13.1. The topological polar surface area (TPSA) is 79.3 Å². The summed E-state index contributed by atoms with van der Waals surface area (Å²) in [4.78, 5) is 26.4. The number of nitrogens with one attached hydrogen (secondary N) is 1. The summed E-state index contributed by atoms with van der Waals surface area (Å²) in [6.07, 6.45) is 2.94. The van der Waals surface area contributed by atoms with Gasteiger partial charge in [0.15, 0.2) is 0 Å². The van der Waals surface area contributed by atoms with Gasteiger partial charge in [0.1, 0.15) is 11.5 Å². The average Bonchev–Trinajstić information content (AvgIpc) is 2.78. The Hall–Kier alpha value is -1.98. The number of rotatable bonds is 3. The lowest BCUT2D eigenvalue weighted by Gasteiger charge is -2.17. The summed E-state index contributed by atoms with van der Waals surface area (Å²) in [5.74, 6) is -2.43. The van der Waals surface area contributed by atoms with Crippen molar-refractivity contribution in [2.45, 2.75) is 25.3 Å². The van der Waals surface area contributed by atoms with Crippen molar-refractivity contribution in [3.8, 4) is 0 Å². The third kappa shape index (κ3) is 2.64. The molecule has 96 valence electrons. The molecule has 1 aromatic heterocycles. The minimum atomic E-state index is -0.898. The molecule has 6 heteroatoms. The molecule has 5 nitrogen and oxygen atoms in total. The Morgan fingerprint density at radius 1 is 1.39 bits per heavy atom. The van der Waals surface area contributed by atoms with Gasteiger partial charge in [-0.05, 0) is 25.0 Å². The number of aliphatic carboxylic acids is 1. The summed E-state index contributed by atoms with van der Waals surface area (Å²) in [5.41, 5.74) is 0.0902. The second-order valence-corrected chi connectivity index (χ2v) is 4.32. The van der Waals surface area contributed by atoms with Gasteiger partial charge in [-0.15, -0.1) is 0 Å². The van der Waals surface area contributed by atoms with Crippen LogP contribution < -0.4 is 5.32 Å². The number of pyridine rings is 1. The van der Waals surface area contributed by atoms with Crippen LogP contribution in [0.1, 0.15) is 29.8 Å².